The summed E-state index contributed by atoms with van der Waals surface area (Å²) in [6.07, 6.45) is 1.63. The lowest BCUT2D eigenvalue weighted by Gasteiger charge is -2.23. The highest BCUT2D eigenvalue weighted by Gasteiger charge is 2.27. The number of carbonyl (C=O) groups is 4. The first-order chi connectivity index (χ1) is 20.4. The van der Waals surface area contributed by atoms with Crippen LogP contribution in [0, 0.1) is 19.8 Å². The van der Waals surface area contributed by atoms with Gasteiger partial charge in [-0.25, -0.2) is 9.59 Å². The summed E-state index contributed by atoms with van der Waals surface area (Å²) in [6.45, 7) is 6.91. The molecule has 0 saturated carbocycles. The van der Waals surface area contributed by atoms with E-state index in [1.165, 1.54) is 0 Å². The Bertz CT molecular complexity index is 1720. The zero-order valence-electron chi connectivity index (χ0n) is 24.5. The average molecular weight is 590 g/mol. The predicted molar refractivity (Wildman–Crippen MR) is 160 cm³/mol. The Kier molecular flexibility index (Phi) is 9.64. The fourth-order valence-electron chi connectivity index (χ4n) is 4.91. The van der Waals surface area contributed by atoms with E-state index in [0.717, 1.165) is 16.5 Å². The van der Waals surface area contributed by atoms with Gasteiger partial charge in [0.05, 0.1) is 24.8 Å². The summed E-state index contributed by atoms with van der Waals surface area (Å²) in [5.41, 5.74) is 2.69. The third kappa shape index (κ3) is 7.68. The van der Waals surface area contributed by atoms with Crippen molar-refractivity contribution in [3.05, 3.63) is 81.4 Å². The summed E-state index contributed by atoms with van der Waals surface area (Å²) in [4.78, 5) is 63.0. The van der Waals surface area contributed by atoms with Crippen molar-refractivity contribution in [1.82, 2.24) is 16.0 Å². The average Bonchev–Trinajstić information content (AvgIpc) is 3.32. The topological polar surface area (TPSA) is 168 Å². The number of hydrogen-bond acceptors (Lipinski definition) is 7. The summed E-state index contributed by atoms with van der Waals surface area (Å²) in [7, 11) is 0. The predicted octanol–water partition coefficient (Wildman–Crippen LogP) is 3.16. The molecule has 0 fully saturated rings. The van der Waals surface area contributed by atoms with Gasteiger partial charge in [-0.05, 0) is 48.9 Å². The van der Waals surface area contributed by atoms with Crippen LogP contribution in [0.3, 0.4) is 0 Å². The highest BCUT2D eigenvalue weighted by atomic mass is 16.4. The monoisotopic (exact) mass is 589 g/mol. The number of amides is 3. The second-order valence-corrected chi connectivity index (χ2v) is 11.0. The molecule has 11 heteroatoms. The fraction of sp³-hybridized carbons (Fsp3) is 0.344. The molecule has 4 rings (SSSR count). The van der Waals surface area contributed by atoms with E-state index in [4.69, 9.17) is 8.83 Å². The van der Waals surface area contributed by atoms with E-state index in [-0.39, 0.29) is 30.7 Å². The Labute approximate surface area is 247 Å². The number of nitrogens with one attached hydrogen (secondary N) is 3. The van der Waals surface area contributed by atoms with Crippen molar-refractivity contribution in [3.8, 4) is 0 Å². The van der Waals surface area contributed by atoms with E-state index in [1.54, 1.807) is 43.5 Å². The van der Waals surface area contributed by atoms with E-state index in [9.17, 15) is 29.1 Å². The highest BCUT2D eigenvalue weighted by molar-refractivity contribution is 5.97. The molecule has 2 atom stereocenters. The molecule has 0 spiro atoms. The first-order valence-electron chi connectivity index (χ1n) is 14.0. The third-order valence-corrected chi connectivity index (χ3v) is 7.21. The van der Waals surface area contributed by atoms with E-state index < -0.39 is 47.9 Å². The van der Waals surface area contributed by atoms with Gasteiger partial charge in [0.25, 0.3) is 0 Å². The molecule has 4 aromatic rings. The van der Waals surface area contributed by atoms with Crippen molar-refractivity contribution < 1.29 is 33.1 Å². The van der Waals surface area contributed by atoms with Crippen molar-refractivity contribution in [2.75, 3.05) is 6.54 Å². The SMILES string of the molecule is Cc1coc2cc3oc(=O)c(CC(=O)NCC(=O)NC(CC(C)C)C(=O)NC(Cc4ccccc4)C(=O)O)c(C)c3cc12. The van der Waals surface area contributed by atoms with Crippen LogP contribution in [0.2, 0.25) is 0 Å². The maximum absolute atomic E-state index is 13.0. The molecule has 226 valence electrons. The number of carbonyl (C=O) groups excluding carboxylic acids is 3. The number of furan rings is 1. The molecule has 11 nitrogen and oxygen atoms in total. The molecular weight excluding hydrogens is 554 g/mol. The smallest absolute Gasteiger partial charge is 0.340 e. The van der Waals surface area contributed by atoms with Gasteiger partial charge >= 0.3 is 11.6 Å². The quantitative estimate of drug-likeness (QED) is 0.183. The van der Waals surface area contributed by atoms with Gasteiger partial charge in [-0.3, -0.25) is 14.4 Å². The van der Waals surface area contributed by atoms with Gasteiger partial charge in [-0.2, -0.15) is 0 Å². The molecule has 0 aliphatic heterocycles. The molecule has 3 amide bonds. The van der Waals surface area contributed by atoms with Crippen LogP contribution in [0.15, 0.2) is 62.4 Å². The summed E-state index contributed by atoms with van der Waals surface area (Å²) < 4.78 is 10.9. The number of carboxylic acid groups (broad SMARTS) is 1. The van der Waals surface area contributed by atoms with Crippen LogP contribution in [0.1, 0.15) is 42.5 Å². The van der Waals surface area contributed by atoms with Crippen LogP contribution in [0.5, 0.6) is 0 Å². The molecular formula is C32H35N3O8. The van der Waals surface area contributed by atoms with Crippen LogP contribution >= 0.6 is 0 Å². The van der Waals surface area contributed by atoms with Gasteiger partial charge in [0, 0.05) is 23.3 Å². The van der Waals surface area contributed by atoms with Crippen LogP contribution in [-0.2, 0) is 32.0 Å². The molecule has 2 aromatic heterocycles. The number of hydrogen-bond donors (Lipinski definition) is 4. The molecule has 4 N–H and O–H groups in total. The Balaban J connectivity index is 1.39. The molecule has 2 heterocycles. The zero-order chi connectivity index (χ0) is 31.3. The van der Waals surface area contributed by atoms with Crippen LogP contribution < -0.4 is 21.6 Å². The molecule has 43 heavy (non-hydrogen) atoms. The minimum atomic E-state index is -1.20. The number of fused-ring (bicyclic) bond motifs is 2. The largest absolute Gasteiger partial charge is 0.480 e. The molecule has 2 aromatic carbocycles. The van der Waals surface area contributed by atoms with Crippen molar-refractivity contribution in [1.29, 1.82) is 0 Å². The zero-order valence-corrected chi connectivity index (χ0v) is 24.5. The lowest BCUT2D eigenvalue weighted by atomic mass is 10.0. The van der Waals surface area contributed by atoms with Crippen molar-refractivity contribution in [2.45, 2.75) is 59.0 Å². The summed E-state index contributed by atoms with van der Waals surface area (Å²) in [5.74, 6) is -3.04. The van der Waals surface area contributed by atoms with Gasteiger partial charge in [-0.15, -0.1) is 0 Å². The summed E-state index contributed by atoms with van der Waals surface area (Å²) >= 11 is 0. The van der Waals surface area contributed by atoms with E-state index in [2.05, 4.69) is 16.0 Å². The van der Waals surface area contributed by atoms with Crippen LogP contribution in [0.25, 0.3) is 21.9 Å². The fourth-order valence-corrected chi connectivity index (χ4v) is 4.91. The molecule has 0 bridgehead atoms. The molecule has 0 aliphatic rings. The minimum Gasteiger partial charge on any atom is -0.480 e. The number of benzene rings is 2. The van der Waals surface area contributed by atoms with Gasteiger partial charge < -0.3 is 29.9 Å². The third-order valence-electron chi connectivity index (χ3n) is 7.21. The standard InChI is InChI=1S/C32H35N3O8/c1-17(2)10-24(30(38)35-25(31(39)40)11-20-8-6-5-7-9-20)34-29(37)15-33-28(36)13-23-19(4)22-12-21-18(3)16-42-26(21)14-27(22)43-32(23)41/h5-9,12,14,16-17,24-25H,10-11,13,15H2,1-4H3,(H,33,36)(H,34,37)(H,35,38)(H,39,40). The molecule has 2 unspecified atom stereocenters. The Morgan fingerprint density at radius 1 is 0.907 bits per heavy atom. The second-order valence-electron chi connectivity index (χ2n) is 11.0. The van der Waals surface area contributed by atoms with E-state index >= 15 is 0 Å². The lowest BCUT2D eigenvalue weighted by Crippen LogP contribution is -2.54. The molecule has 0 radical (unpaired) electrons. The highest BCUT2D eigenvalue weighted by Crippen LogP contribution is 2.28. The number of aryl methyl sites for hydroxylation is 2. The number of rotatable bonds is 12. The van der Waals surface area contributed by atoms with Crippen LogP contribution in [-0.4, -0.2) is 47.4 Å². The first kappa shape index (κ1) is 31.0. The molecule has 0 saturated heterocycles. The first-order valence-corrected chi connectivity index (χ1v) is 14.0. The van der Waals surface area contributed by atoms with Gasteiger partial charge in [0.15, 0.2) is 0 Å². The molecule has 0 aliphatic carbocycles. The number of aliphatic carboxylic acids is 1. The van der Waals surface area contributed by atoms with Gasteiger partial charge in [-0.1, -0.05) is 44.2 Å². The Hall–Kier alpha value is -4.93. The van der Waals surface area contributed by atoms with E-state index in [1.807, 2.05) is 32.9 Å². The van der Waals surface area contributed by atoms with Crippen molar-refractivity contribution in [3.63, 3.8) is 0 Å². The van der Waals surface area contributed by atoms with Crippen molar-refractivity contribution in [2.24, 2.45) is 5.92 Å². The number of carboxylic acids is 1. The minimum absolute atomic E-state index is 0.00483. The Morgan fingerprint density at radius 3 is 2.30 bits per heavy atom. The lowest BCUT2D eigenvalue weighted by molar-refractivity contribution is -0.142. The maximum Gasteiger partial charge on any atom is 0.340 e. The second kappa shape index (κ2) is 13.4. The van der Waals surface area contributed by atoms with Crippen LogP contribution in [0.4, 0.5) is 0 Å². The Morgan fingerprint density at radius 2 is 1.63 bits per heavy atom. The normalized spacial score (nSPS) is 12.7. The summed E-state index contributed by atoms with van der Waals surface area (Å²) in [5, 5.41) is 18.8. The van der Waals surface area contributed by atoms with Gasteiger partial charge in [0.2, 0.25) is 17.7 Å². The van der Waals surface area contributed by atoms with Crippen molar-refractivity contribution >= 4 is 45.6 Å². The summed E-state index contributed by atoms with van der Waals surface area (Å²) in [6, 6.07) is 10.2. The van der Waals surface area contributed by atoms with Gasteiger partial charge in [0.1, 0.15) is 23.2 Å². The van der Waals surface area contributed by atoms with E-state index in [0.29, 0.717) is 22.1 Å². The maximum atomic E-state index is 13.0.